The van der Waals surface area contributed by atoms with E-state index in [0.29, 0.717) is 0 Å². The summed E-state index contributed by atoms with van der Waals surface area (Å²) < 4.78 is 43.2. The number of fused-ring (bicyclic) bond motifs is 1. The summed E-state index contributed by atoms with van der Waals surface area (Å²) in [7, 11) is 1.74. The molecule has 2 aromatic heterocycles. The molecule has 0 spiro atoms. The van der Waals surface area contributed by atoms with Gasteiger partial charge in [0.05, 0.1) is 35.8 Å². The summed E-state index contributed by atoms with van der Waals surface area (Å²) >= 11 is 0. The number of benzene rings is 2. The average molecular weight is 430 g/mol. The molecule has 0 saturated carbocycles. The number of aromatic nitrogens is 3. The Morgan fingerprint density at radius 1 is 1.13 bits per heavy atom. The van der Waals surface area contributed by atoms with Crippen molar-refractivity contribution in [3.63, 3.8) is 0 Å². The van der Waals surface area contributed by atoms with E-state index in [1.165, 1.54) is 22.9 Å². The van der Waals surface area contributed by atoms with Crippen LogP contribution in [0.15, 0.2) is 65.7 Å². The van der Waals surface area contributed by atoms with Gasteiger partial charge in [-0.15, -0.1) is 13.2 Å². The van der Waals surface area contributed by atoms with Crippen LogP contribution in [0, 0.1) is 0 Å². The molecule has 0 bridgehead atoms. The largest absolute Gasteiger partial charge is 0.573 e. The first-order valence-electron chi connectivity index (χ1n) is 9.18. The highest BCUT2D eigenvalue weighted by atomic mass is 19.4. The third-order valence-electron chi connectivity index (χ3n) is 4.75. The molecule has 160 valence electrons. The Balaban J connectivity index is 1.72. The number of hydrogen-bond acceptors (Lipinski definition) is 5. The second kappa shape index (κ2) is 7.71. The number of aromatic hydroxyl groups is 1. The number of anilines is 1. The van der Waals surface area contributed by atoms with Gasteiger partial charge < -0.3 is 15.2 Å². The lowest BCUT2D eigenvalue weighted by molar-refractivity contribution is -0.274. The van der Waals surface area contributed by atoms with Crippen molar-refractivity contribution in [2.45, 2.75) is 12.9 Å². The van der Waals surface area contributed by atoms with Crippen LogP contribution in [-0.4, -0.2) is 32.6 Å². The Kier molecular flexibility index (Phi) is 5.05. The smallest absolute Gasteiger partial charge is 0.493 e. The zero-order chi connectivity index (χ0) is 22.2. The number of pyridine rings is 1. The second-order valence-corrected chi connectivity index (χ2v) is 6.69. The van der Waals surface area contributed by atoms with Crippen LogP contribution in [0.4, 0.5) is 18.9 Å². The highest BCUT2D eigenvalue weighted by Crippen LogP contribution is 2.27. The van der Waals surface area contributed by atoms with E-state index in [1.54, 1.807) is 13.2 Å². The molecule has 2 aromatic carbocycles. The van der Waals surface area contributed by atoms with Crippen LogP contribution in [-0.2, 0) is 6.54 Å². The predicted octanol–water partition coefficient (Wildman–Crippen LogP) is 3.88. The van der Waals surface area contributed by atoms with Crippen LogP contribution in [0.2, 0.25) is 0 Å². The number of halogens is 3. The predicted molar refractivity (Wildman–Crippen MR) is 109 cm³/mol. The van der Waals surface area contributed by atoms with E-state index in [9.17, 15) is 23.1 Å². The van der Waals surface area contributed by atoms with Gasteiger partial charge in [-0.25, -0.2) is 9.36 Å². The van der Waals surface area contributed by atoms with E-state index >= 15 is 0 Å². The van der Waals surface area contributed by atoms with E-state index in [4.69, 9.17) is 0 Å². The van der Waals surface area contributed by atoms with Crippen molar-refractivity contribution in [2.24, 2.45) is 0 Å². The molecule has 0 unspecified atom stereocenters. The van der Waals surface area contributed by atoms with Gasteiger partial charge in [0.1, 0.15) is 5.75 Å². The van der Waals surface area contributed by atoms with Crippen molar-refractivity contribution < 1.29 is 23.0 Å². The third kappa shape index (κ3) is 4.04. The number of imidazole rings is 1. The van der Waals surface area contributed by atoms with Crippen LogP contribution in [0.5, 0.6) is 11.6 Å². The molecule has 2 heterocycles. The van der Waals surface area contributed by atoms with Gasteiger partial charge in [0, 0.05) is 18.0 Å². The molecule has 0 fully saturated rings. The Morgan fingerprint density at radius 3 is 2.52 bits per heavy atom. The minimum Gasteiger partial charge on any atom is -0.493 e. The first-order chi connectivity index (χ1) is 14.8. The zero-order valence-corrected chi connectivity index (χ0v) is 16.2. The minimum atomic E-state index is -4.82. The molecule has 0 radical (unpaired) electrons. The normalized spacial score (nSPS) is 11.6. The number of alkyl halides is 3. The molecule has 2 N–H and O–H groups in total. The van der Waals surface area contributed by atoms with Crippen molar-refractivity contribution in [1.82, 2.24) is 14.1 Å². The van der Waals surface area contributed by atoms with E-state index in [0.717, 1.165) is 38.9 Å². The van der Waals surface area contributed by atoms with Crippen LogP contribution in [0.25, 0.3) is 16.6 Å². The van der Waals surface area contributed by atoms with Crippen LogP contribution in [0.1, 0.15) is 5.56 Å². The SMILES string of the molecule is CNc1cnc2ccccc2c1Cn1cc(O)n(-c2ccc(OC(F)(F)F)cc2)c1=O. The summed E-state index contributed by atoms with van der Waals surface area (Å²) in [5.74, 6) is -0.774. The summed E-state index contributed by atoms with van der Waals surface area (Å²) in [5.41, 5.74) is 1.94. The van der Waals surface area contributed by atoms with Gasteiger partial charge >= 0.3 is 12.1 Å². The van der Waals surface area contributed by atoms with Gasteiger partial charge in [-0.1, -0.05) is 18.2 Å². The molecule has 0 aliphatic heterocycles. The monoisotopic (exact) mass is 430 g/mol. The van der Waals surface area contributed by atoms with Crippen molar-refractivity contribution in [3.05, 3.63) is 77.0 Å². The van der Waals surface area contributed by atoms with Gasteiger partial charge in [0.25, 0.3) is 0 Å². The van der Waals surface area contributed by atoms with Gasteiger partial charge in [-0.3, -0.25) is 9.55 Å². The number of para-hydroxylation sites is 1. The average Bonchev–Trinajstić information content (AvgIpc) is 3.01. The molecular formula is C21H17F3N4O3. The number of nitrogens with zero attached hydrogens (tertiary/aromatic N) is 3. The van der Waals surface area contributed by atoms with E-state index in [-0.39, 0.29) is 18.1 Å². The van der Waals surface area contributed by atoms with E-state index in [1.807, 2.05) is 24.3 Å². The Hall–Kier alpha value is -3.95. The fourth-order valence-corrected chi connectivity index (χ4v) is 3.39. The van der Waals surface area contributed by atoms with Crippen molar-refractivity contribution in [1.29, 1.82) is 0 Å². The maximum atomic E-state index is 13.0. The molecule has 0 saturated heterocycles. The quantitative estimate of drug-likeness (QED) is 0.502. The number of hydrogen-bond donors (Lipinski definition) is 2. The molecule has 10 heteroatoms. The summed E-state index contributed by atoms with van der Waals surface area (Å²) in [5, 5.41) is 14.2. The summed E-state index contributed by atoms with van der Waals surface area (Å²) in [6, 6.07) is 12.1. The molecule has 4 aromatic rings. The first-order valence-corrected chi connectivity index (χ1v) is 9.18. The van der Waals surface area contributed by atoms with Crippen LogP contribution >= 0.6 is 0 Å². The van der Waals surface area contributed by atoms with Crippen LogP contribution in [0.3, 0.4) is 0 Å². The first kappa shape index (κ1) is 20.3. The number of rotatable bonds is 5. The Labute approximate surface area is 174 Å². The lowest BCUT2D eigenvalue weighted by Crippen LogP contribution is -2.24. The van der Waals surface area contributed by atoms with Gasteiger partial charge in [-0.05, 0) is 30.3 Å². The van der Waals surface area contributed by atoms with Crippen molar-refractivity contribution in [3.8, 4) is 17.3 Å². The highest BCUT2D eigenvalue weighted by molar-refractivity contribution is 5.86. The Bertz CT molecular complexity index is 1290. The van der Waals surface area contributed by atoms with Gasteiger partial charge in [-0.2, -0.15) is 0 Å². The van der Waals surface area contributed by atoms with Crippen molar-refractivity contribution in [2.75, 3.05) is 12.4 Å². The summed E-state index contributed by atoms with van der Waals surface area (Å²) in [4.78, 5) is 17.3. The van der Waals surface area contributed by atoms with Crippen LogP contribution < -0.4 is 15.7 Å². The van der Waals surface area contributed by atoms with Crippen molar-refractivity contribution >= 4 is 16.6 Å². The lowest BCUT2D eigenvalue weighted by atomic mass is 10.1. The lowest BCUT2D eigenvalue weighted by Gasteiger charge is -2.12. The highest BCUT2D eigenvalue weighted by Gasteiger charge is 2.31. The number of ether oxygens (including phenoxy) is 1. The fraction of sp³-hybridized carbons (Fsp3) is 0.143. The third-order valence-corrected chi connectivity index (χ3v) is 4.75. The summed E-state index contributed by atoms with van der Waals surface area (Å²) in [6.07, 6.45) is -1.88. The summed E-state index contributed by atoms with van der Waals surface area (Å²) in [6.45, 7) is 0.147. The maximum absolute atomic E-state index is 13.0. The Morgan fingerprint density at radius 2 is 1.84 bits per heavy atom. The molecule has 7 nitrogen and oxygen atoms in total. The van der Waals surface area contributed by atoms with Gasteiger partial charge in [0.15, 0.2) is 0 Å². The maximum Gasteiger partial charge on any atom is 0.573 e. The molecule has 0 atom stereocenters. The standard InChI is InChI=1S/C21H17F3N4O3/c1-25-18-10-26-17-5-3-2-4-15(17)16(18)11-27-12-19(29)28(20(27)30)13-6-8-14(9-7-13)31-21(22,23)24/h2-10,12,25,29H,11H2,1H3. The minimum absolute atomic E-state index is 0.147. The zero-order valence-electron chi connectivity index (χ0n) is 16.2. The molecule has 0 aliphatic carbocycles. The molecule has 31 heavy (non-hydrogen) atoms. The molecule has 0 amide bonds. The van der Waals surface area contributed by atoms with E-state index in [2.05, 4.69) is 15.0 Å². The number of nitrogens with one attached hydrogen (secondary N) is 1. The van der Waals surface area contributed by atoms with Gasteiger partial charge in [0.2, 0.25) is 5.88 Å². The fourth-order valence-electron chi connectivity index (χ4n) is 3.39. The second-order valence-electron chi connectivity index (χ2n) is 6.69. The van der Waals surface area contributed by atoms with E-state index < -0.39 is 17.8 Å². The molecule has 4 rings (SSSR count). The molecular weight excluding hydrogens is 413 g/mol. The molecule has 0 aliphatic rings. The topological polar surface area (TPSA) is 81.3 Å².